The van der Waals surface area contributed by atoms with Gasteiger partial charge in [0.2, 0.25) is 5.91 Å². The third-order valence-corrected chi connectivity index (χ3v) is 4.75. The lowest BCUT2D eigenvalue weighted by Gasteiger charge is -2.13. The summed E-state index contributed by atoms with van der Waals surface area (Å²) in [6.07, 6.45) is 0. The molecule has 0 unspecified atom stereocenters. The molecule has 23 heavy (non-hydrogen) atoms. The van der Waals surface area contributed by atoms with E-state index in [2.05, 4.69) is 10.3 Å². The molecule has 0 fully saturated rings. The van der Waals surface area contributed by atoms with Crippen molar-refractivity contribution in [3.8, 4) is 5.75 Å². The summed E-state index contributed by atoms with van der Waals surface area (Å²) in [7, 11) is 1.49. The Balaban J connectivity index is 2.22. The molecule has 2 N–H and O–H groups in total. The Bertz CT molecular complexity index is 760. The zero-order valence-electron chi connectivity index (χ0n) is 12.7. The highest BCUT2D eigenvalue weighted by Gasteiger charge is 2.23. The van der Waals surface area contributed by atoms with E-state index < -0.39 is 11.9 Å². The Morgan fingerprint density at radius 1 is 1.43 bits per heavy atom. The normalized spacial score (nSPS) is 11.8. The number of rotatable bonds is 5. The van der Waals surface area contributed by atoms with E-state index in [9.17, 15) is 9.59 Å². The van der Waals surface area contributed by atoms with Crippen molar-refractivity contribution in [3.63, 3.8) is 0 Å². The fraction of sp³-hybridized carbons (Fsp3) is 0.267. The van der Waals surface area contributed by atoms with E-state index >= 15 is 0 Å². The van der Waals surface area contributed by atoms with Gasteiger partial charge in [-0.15, -0.1) is 11.3 Å². The van der Waals surface area contributed by atoms with Gasteiger partial charge >= 0.3 is 5.97 Å². The summed E-state index contributed by atoms with van der Waals surface area (Å²) in [5.41, 5.74) is 0.848. The highest BCUT2D eigenvalue weighted by molar-refractivity contribution is 7.13. The molecule has 2 aromatic rings. The largest absolute Gasteiger partial charge is 0.495 e. The zero-order chi connectivity index (χ0) is 17.1. The van der Waals surface area contributed by atoms with E-state index in [-0.39, 0.29) is 10.8 Å². The van der Waals surface area contributed by atoms with Gasteiger partial charge in [0.1, 0.15) is 15.6 Å². The van der Waals surface area contributed by atoms with Gasteiger partial charge in [-0.1, -0.05) is 11.6 Å². The number of nitrogens with one attached hydrogen (secondary N) is 1. The van der Waals surface area contributed by atoms with Crippen LogP contribution in [0.1, 0.15) is 33.2 Å². The molecule has 0 spiro atoms. The number of nitrogens with zero attached hydrogens (tertiary/aromatic N) is 1. The molecule has 1 heterocycles. The zero-order valence-corrected chi connectivity index (χ0v) is 14.3. The smallest absolute Gasteiger partial charge is 0.347 e. The van der Waals surface area contributed by atoms with Crippen LogP contribution >= 0.6 is 22.9 Å². The number of anilines is 1. The van der Waals surface area contributed by atoms with Gasteiger partial charge in [-0.25, -0.2) is 9.78 Å². The number of methoxy groups -OCH3 is 1. The second kappa shape index (κ2) is 6.97. The summed E-state index contributed by atoms with van der Waals surface area (Å²) >= 11 is 6.93. The van der Waals surface area contributed by atoms with E-state index in [1.54, 1.807) is 32.0 Å². The second-order valence-electron chi connectivity index (χ2n) is 4.83. The van der Waals surface area contributed by atoms with Crippen molar-refractivity contribution in [1.82, 2.24) is 4.98 Å². The summed E-state index contributed by atoms with van der Waals surface area (Å²) in [6, 6.07) is 4.89. The average Bonchev–Trinajstić information content (AvgIpc) is 2.88. The number of aromatic nitrogens is 1. The van der Waals surface area contributed by atoms with Crippen molar-refractivity contribution in [2.45, 2.75) is 19.8 Å². The number of carbonyl (C=O) groups is 2. The highest BCUT2D eigenvalue weighted by atomic mass is 35.5. The van der Waals surface area contributed by atoms with Crippen LogP contribution in [0.15, 0.2) is 18.2 Å². The molecule has 122 valence electrons. The maximum atomic E-state index is 12.4. The molecule has 1 aromatic heterocycles. The number of aromatic carboxylic acids is 1. The Morgan fingerprint density at radius 2 is 2.13 bits per heavy atom. The predicted molar refractivity (Wildman–Crippen MR) is 88.9 cm³/mol. The van der Waals surface area contributed by atoms with Gasteiger partial charge in [0.05, 0.1) is 24.4 Å². The third-order valence-electron chi connectivity index (χ3n) is 3.19. The molecule has 0 aliphatic rings. The number of carbonyl (C=O) groups excluding carboxylic acids is 1. The quantitative estimate of drug-likeness (QED) is 0.857. The van der Waals surface area contributed by atoms with Crippen molar-refractivity contribution < 1.29 is 19.4 Å². The minimum atomic E-state index is -1.05. The number of halogens is 1. The van der Waals surface area contributed by atoms with Crippen LogP contribution in [0.25, 0.3) is 0 Å². The van der Waals surface area contributed by atoms with Crippen molar-refractivity contribution in [2.75, 3.05) is 12.4 Å². The highest BCUT2D eigenvalue weighted by Crippen LogP contribution is 2.30. The summed E-state index contributed by atoms with van der Waals surface area (Å²) in [5.74, 6) is -1.49. The molecule has 0 radical (unpaired) electrons. The van der Waals surface area contributed by atoms with E-state index in [0.717, 1.165) is 11.3 Å². The Morgan fingerprint density at radius 3 is 2.70 bits per heavy atom. The predicted octanol–water partition coefficient (Wildman–Crippen LogP) is 3.55. The first-order valence-electron chi connectivity index (χ1n) is 6.68. The Kier molecular flexibility index (Phi) is 5.23. The lowest BCUT2D eigenvalue weighted by molar-refractivity contribution is -0.117. The fourth-order valence-corrected chi connectivity index (χ4v) is 3.06. The molecule has 1 atom stereocenters. The van der Waals surface area contributed by atoms with Crippen molar-refractivity contribution in [1.29, 1.82) is 0 Å². The second-order valence-corrected chi connectivity index (χ2v) is 6.29. The number of thiazole rings is 1. The minimum absolute atomic E-state index is 0.139. The monoisotopic (exact) mass is 354 g/mol. The first-order chi connectivity index (χ1) is 10.8. The van der Waals surface area contributed by atoms with Crippen LogP contribution < -0.4 is 10.1 Å². The number of hydrogen-bond donors (Lipinski definition) is 2. The number of aryl methyl sites for hydroxylation is 1. The molecule has 6 nitrogen and oxygen atoms in total. The number of benzene rings is 1. The van der Waals surface area contributed by atoms with Crippen LogP contribution in [0.2, 0.25) is 5.02 Å². The number of hydrogen-bond acceptors (Lipinski definition) is 5. The summed E-state index contributed by atoms with van der Waals surface area (Å²) < 4.78 is 5.18. The first kappa shape index (κ1) is 17.2. The number of amides is 1. The molecular weight excluding hydrogens is 340 g/mol. The standard InChI is InChI=1S/C15H15ClN2O4S/c1-7(14-17-8(2)12(23-14)15(20)21)13(19)18-10-6-9(16)4-5-11(10)22-3/h4-7H,1-3H3,(H,18,19)(H,20,21)/t7-/m0/s1. The molecule has 0 aliphatic carbocycles. The SMILES string of the molecule is COc1ccc(Cl)cc1NC(=O)[C@H](C)c1nc(C)c(C(=O)O)s1. The van der Waals surface area contributed by atoms with E-state index in [1.807, 2.05) is 0 Å². The summed E-state index contributed by atoms with van der Waals surface area (Å²) in [4.78, 5) is 27.8. The molecule has 1 aromatic carbocycles. The average molecular weight is 355 g/mol. The number of ether oxygens (including phenoxy) is 1. The third kappa shape index (κ3) is 3.80. The molecule has 0 saturated heterocycles. The maximum Gasteiger partial charge on any atom is 0.347 e. The lowest BCUT2D eigenvalue weighted by atomic mass is 10.1. The first-order valence-corrected chi connectivity index (χ1v) is 7.88. The minimum Gasteiger partial charge on any atom is -0.495 e. The molecule has 8 heteroatoms. The number of carboxylic acid groups (broad SMARTS) is 1. The maximum absolute atomic E-state index is 12.4. The van der Waals surface area contributed by atoms with Crippen LogP contribution in [0.5, 0.6) is 5.75 Å². The van der Waals surface area contributed by atoms with Crippen molar-refractivity contribution >= 4 is 40.5 Å². The molecular formula is C15H15ClN2O4S. The van der Waals surface area contributed by atoms with Gasteiger partial charge in [0, 0.05) is 5.02 Å². The summed E-state index contributed by atoms with van der Waals surface area (Å²) in [6.45, 7) is 3.27. The molecule has 2 rings (SSSR count). The van der Waals surface area contributed by atoms with Gasteiger partial charge in [-0.3, -0.25) is 4.79 Å². The Hall–Kier alpha value is -2.12. The van der Waals surface area contributed by atoms with Crippen LogP contribution in [0.3, 0.4) is 0 Å². The van der Waals surface area contributed by atoms with Crippen LogP contribution in [0, 0.1) is 6.92 Å². The van der Waals surface area contributed by atoms with Gasteiger partial charge < -0.3 is 15.2 Å². The van der Waals surface area contributed by atoms with Crippen molar-refractivity contribution in [3.05, 3.63) is 38.8 Å². The van der Waals surface area contributed by atoms with E-state index in [0.29, 0.717) is 27.2 Å². The molecule has 0 saturated carbocycles. The molecule has 0 aliphatic heterocycles. The molecule has 0 bridgehead atoms. The lowest BCUT2D eigenvalue weighted by Crippen LogP contribution is -2.19. The Labute approximate surface area is 142 Å². The van der Waals surface area contributed by atoms with Gasteiger partial charge in [0.25, 0.3) is 0 Å². The van der Waals surface area contributed by atoms with Gasteiger partial charge in [-0.2, -0.15) is 0 Å². The van der Waals surface area contributed by atoms with E-state index in [4.69, 9.17) is 21.4 Å². The van der Waals surface area contributed by atoms with E-state index in [1.165, 1.54) is 7.11 Å². The molecule has 1 amide bonds. The number of carboxylic acids is 1. The van der Waals surface area contributed by atoms with Gasteiger partial charge in [0.15, 0.2) is 0 Å². The van der Waals surface area contributed by atoms with Crippen molar-refractivity contribution in [2.24, 2.45) is 0 Å². The van der Waals surface area contributed by atoms with Gasteiger partial charge in [-0.05, 0) is 32.0 Å². The van der Waals surface area contributed by atoms with Crippen LogP contribution in [0.4, 0.5) is 5.69 Å². The topological polar surface area (TPSA) is 88.5 Å². The fourth-order valence-electron chi connectivity index (χ4n) is 1.93. The van der Waals surface area contributed by atoms with Crippen LogP contribution in [-0.2, 0) is 4.79 Å². The van der Waals surface area contributed by atoms with Crippen LogP contribution in [-0.4, -0.2) is 29.1 Å². The summed E-state index contributed by atoms with van der Waals surface area (Å²) in [5, 5.41) is 12.7.